The molecule has 0 radical (unpaired) electrons. The van der Waals surface area contributed by atoms with Gasteiger partial charge in [-0.2, -0.15) is 13.2 Å². The number of thiazole rings is 1. The van der Waals surface area contributed by atoms with Crippen molar-refractivity contribution in [3.63, 3.8) is 0 Å². The molecular weight excluding hydrogens is 307 g/mol. The molecule has 108 valence electrons. The van der Waals surface area contributed by atoms with Crippen molar-refractivity contribution in [1.82, 2.24) is 10.4 Å². The third kappa shape index (κ3) is 3.14. The van der Waals surface area contributed by atoms with E-state index in [0.717, 1.165) is 10.5 Å². The van der Waals surface area contributed by atoms with E-state index in [9.17, 15) is 13.2 Å². The number of halogens is 3. The van der Waals surface area contributed by atoms with E-state index in [1.54, 1.807) is 0 Å². The molecule has 0 aliphatic carbocycles. The molecule has 0 fully saturated rings. The van der Waals surface area contributed by atoms with Crippen molar-refractivity contribution in [2.45, 2.75) is 17.1 Å². The molecule has 3 N–H and O–H groups in total. The molecule has 2 aromatic rings. The molecule has 0 aliphatic rings. The van der Waals surface area contributed by atoms with Crippen LogP contribution in [0.5, 0.6) is 0 Å². The standard InChI is InChI=1S/C12H12F3N3S2/c1-19-8-5-3-2-4-7(8)10(18-16)9-6-17-11(20-9)12(13,14)15/h2-6,10,18H,16H2,1H3. The normalized spacial score (nSPS) is 13.4. The van der Waals surface area contributed by atoms with Gasteiger partial charge in [0.25, 0.3) is 0 Å². The van der Waals surface area contributed by atoms with Gasteiger partial charge in [0.1, 0.15) is 0 Å². The van der Waals surface area contributed by atoms with Gasteiger partial charge in [-0.3, -0.25) is 5.84 Å². The molecule has 0 spiro atoms. The summed E-state index contributed by atoms with van der Waals surface area (Å²) < 4.78 is 37.8. The Morgan fingerprint density at radius 2 is 2.05 bits per heavy atom. The maximum atomic E-state index is 12.6. The molecular formula is C12H12F3N3S2. The molecule has 0 bridgehead atoms. The van der Waals surface area contributed by atoms with Crippen molar-refractivity contribution in [3.05, 3.63) is 45.9 Å². The maximum absolute atomic E-state index is 12.6. The monoisotopic (exact) mass is 319 g/mol. The predicted octanol–water partition coefficient (Wildman–Crippen LogP) is 3.44. The number of rotatable bonds is 4. The number of hydrogen-bond acceptors (Lipinski definition) is 5. The average Bonchev–Trinajstić information content (AvgIpc) is 2.90. The second kappa shape index (κ2) is 6.13. The van der Waals surface area contributed by atoms with Crippen LogP contribution in [0.4, 0.5) is 13.2 Å². The molecule has 8 heteroatoms. The van der Waals surface area contributed by atoms with Gasteiger partial charge < -0.3 is 0 Å². The van der Waals surface area contributed by atoms with Crippen molar-refractivity contribution in [1.29, 1.82) is 0 Å². The van der Waals surface area contributed by atoms with E-state index in [1.807, 2.05) is 30.5 Å². The molecule has 3 nitrogen and oxygen atoms in total. The Bertz CT molecular complexity index is 583. The highest BCUT2D eigenvalue weighted by Crippen LogP contribution is 2.37. The molecule has 0 saturated carbocycles. The first-order chi connectivity index (χ1) is 9.47. The van der Waals surface area contributed by atoms with Crippen molar-refractivity contribution >= 4 is 23.1 Å². The lowest BCUT2D eigenvalue weighted by Crippen LogP contribution is -2.28. The minimum absolute atomic E-state index is 0.432. The molecule has 2 rings (SSSR count). The number of thioether (sulfide) groups is 1. The topological polar surface area (TPSA) is 50.9 Å². The van der Waals surface area contributed by atoms with E-state index in [0.29, 0.717) is 16.2 Å². The first-order valence-corrected chi connectivity index (χ1v) is 7.63. The first kappa shape index (κ1) is 15.3. The minimum Gasteiger partial charge on any atom is -0.271 e. The van der Waals surface area contributed by atoms with Crippen LogP contribution in [0.3, 0.4) is 0 Å². The second-order valence-electron chi connectivity index (χ2n) is 3.91. The van der Waals surface area contributed by atoms with E-state index in [4.69, 9.17) is 5.84 Å². The number of alkyl halides is 3. The predicted molar refractivity (Wildman–Crippen MR) is 74.5 cm³/mol. The molecule has 0 amide bonds. The number of nitrogens with zero attached hydrogens (tertiary/aromatic N) is 1. The van der Waals surface area contributed by atoms with Crippen LogP contribution in [0.1, 0.15) is 21.5 Å². The molecule has 0 aliphatic heterocycles. The van der Waals surface area contributed by atoms with Gasteiger partial charge in [0.2, 0.25) is 0 Å². The fraction of sp³-hybridized carbons (Fsp3) is 0.250. The number of aromatic nitrogens is 1. The summed E-state index contributed by atoms with van der Waals surface area (Å²) in [4.78, 5) is 4.82. The molecule has 1 aromatic heterocycles. The van der Waals surface area contributed by atoms with Crippen LogP contribution in [0, 0.1) is 0 Å². The zero-order valence-electron chi connectivity index (χ0n) is 10.4. The highest BCUT2D eigenvalue weighted by molar-refractivity contribution is 7.98. The average molecular weight is 319 g/mol. The zero-order chi connectivity index (χ0) is 14.8. The van der Waals surface area contributed by atoms with Gasteiger partial charge >= 0.3 is 6.18 Å². The quantitative estimate of drug-likeness (QED) is 0.515. The molecule has 1 heterocycles. The Balaban J connectivity index is 2.40. The number of hydrazine groups is 1. The van der Waals surface area contributed by atoms with Crippen LogP contribution < -0.4 is 11.3 Å². The third-order valence-corrected chi connectivity index (χ3v) is 4.59. The fourth-order valence-electron chi connectivity index (χ4n) is 1.78. The lowest BCUT2D eigenvalue weighted by atomic mass is 10.1. The van der Waals surface area contributed by atoms with Crippen LogP contribution in [0.15, 0.2) is 35.4 Å². The van der Waals surface area contributed by atoms with Crippen LogP contribution in [0.25, 0.3) is 0 Å². The summed E-state index contributed by atoms with van der Waals surface area (Å²) in [6.45, 7) is 0. The number of nitrogens with one attached hydrogen (secondary N) is 1. The van der Waals surface area contributed by atoms with Crippen LogP contribution in [-0.4, -0.2) is 11.2 Å². The van der Waals surface area contributed by atoms with Crippen LogP contribution >= 0.6 is 23.1 Å². The van der Waals surface area contributed by atoms with Crippen molar-refractivity contribution in [2.24, 2.45) is 5.84 Å². The minimum atomic E-state index is -4.43. The van der Waals surface area contributed by atoms with E-state index in [1.165, 1.54) is 18.0 Å². The zero-order valence-corrected chi connectivity index (χ0v) is 12.1. The summed E-state index contributed by atoms with van der Waals surface area (Å²) in [6.07, 6.45) is -1.31. The summed E-state index contributed by atoms with van der Waals surface area (Å²) >= 11 is 2.11. The number of nitrogens with two attached hydrogens (primary N) is 1. The van der Waals surface area contributed by atoms with Gasteiger partial charge in [0.05, 0.1) is 6.04 Å². The fourth-order valence-corrected chi connectivity index (χ4v) is 3.28. The van der Waals surface area contributed by atoms with Gasteiger partial charge in [-0.25, -0.2) is 10.4 Å². The Hall–Kier alpha value is -1.09. The van der Waals surface area contributed by atoms with E-state index in [-0.39, 0.29) is 0 Å². The summed E-state index contributed by atoms with van der Waals surface area (Å²) in [5, 5.41) is -0.866. The highest BCUT2D eigenvalue weighted by atomic mass is 32.2. The summed E-state index contributed by atoms with van der Waals surface area (Å²) in [7, 11) is 0. The largest absolute Gasteiger partial charge is 0.443 e. The first-order valence-electron chi connectivity index (χ1n) is 5.59. The molecule has 0 saturated heterocycles. The van der Waals surface area contributed by atoms with Gasteiger partial charge in [-0.05, 0) is 17.9 Å². The van der Waals surface area contributed by atoms with Gasteiger partial charge in [-0.15, -0.1) is 23.1 Å². The summed E-state index contributed by atoms with van der Waals surface area (Å²) in [5.74, 6) is 5.52. The lowest BCUT2D eigenvalue weighted by molar-refractivity contribution is -0.137. The molecule has 1 aromatic carbocycles. The Morgan fingerprint density at radius 3 is 2.60 bits per heavy atom. The maximum Gasteiger partial charge on any atom is 0.443 e. The number of benzene rings is 1. The summed E-state index contributed by atoms with van der Waals surface area (Å²) in [5.41, 5.74) is 3.40. The highest BCUT2D eigenvalue weighted by Gasteiger charge is 2.35. The van der Waals surface area contributed by atoms with Crippen molar-refractivity contribution in [2.75, 3.05) is 6.26 Å². The van der Waals surface area contributed by atoms with E-state index < -0.39 is 17.2 Å². The number of hydrogen-bond donors (Lipinski definition) is 2. The Kier molecular flexibility index (Phi) is 4.69. The SMILES string of the molecule is CSc1ccccc1C(NN)c1cnc(C(F)(F)F)s1. The molecule has 20 heavy (non-hydrogen) atoms. The van der Waals surface area contributed by atoms with E-state index in [2.05, 4.69) is 10.4 Å². The second-order valence-corrected chi connectivity index (χ2v) is 5.82. The Labute approximate surface area is 122 Å². The third-order valence-electron chi connectivity index (χ3n) is 2.67. The van der Waals surface area contributed by atoms with Gasteiger partial charge in [0, 0.05) is 16.0 Å². The van der Waals surface area contributed by atoms with Gasteiger partial charge in [-0.1, -0.05) is 18.2 Å². The van der Waals surface area contributed by atoms with E-state index >= 15 is 0 Å². The molecule has 1 unspecified atom stereocenters. The lowest BCUT2D eigenvalue weighted by Gasteiger charge is -2.17. The van der Waals surface area contributed by atoms with Crippen molar-refractivity contribution in [3.8, 4) is 0 Å². The van der Waals surface area contributed by atoms with Crippen molar-refractivity contribution < 1.29 is 13.2 Å². The summed E-state index contributed by atoms with van der Waals surface area (Å²) in [6, 6.07) is 6.92. The van der Waals surface area contributed by atoms with Gasteiger partial charge in [0.15, 0.2) is 5.01 Å². The molecule has 1 atom stereocenters. The smallest absolute Gasteiger partial charge is 0.271 e. The van der Waals surface area contributed by atoms with Crippen LogP contribution in [0.2, 0.25) is 0 Å². The Morgan fingerprint density at radius 1 is 1.35 bits per heavy atom. The van der Waals surface area contributed by atoms with Crippen LogP contribution in [-0.2, 0) is 6.18 Å².